The zero-order chi connectivity index (χ0) is 14.7. The molecule has 106 valence electrons. The number of rotatable bonds is 4. The number of benzene rings is 2. The van der Waals surface area contributed by atoms with Crippen molar-refractivity contribution in [3.8, 4) is 5.75 Å². The number of hydrogen-bond donors (Lipinski definition) is 2. The van der Waals surface area contributed by atoms with E-state index in [9.17, 15) is 5.11 Å². The Bertz CT molecular complexity index is 593. The van der Waals surface area contributed by atoms with E-state index in [0.717, 1.165) is 12.0 Å². The van der Waals surface area contributed by atoms with Gasteiger partial charge in [0.2, 0.25) is 0 Å². The van der Waals surface area contributed by atoms with Crippen molar-refractivity contribution in [3.63, 3.8) is 0 Å². The number of phenolic OH excluding ortho intramolecular Hbond substituents is 1. The molecule has 0 amide bonds. The summed E-state index contributed by atoms with van der Waals surface area (Å²) in [6, 6.07) is 10.4. The number of hydrogen-bond acceptors (Lipinski definition) is 2. The average molecular weight is 331 g/mol. The van der Waals surface area contributed by atoms with Gasteiger partial charge in [-0.15, -0.1) is 0 Å². The average Bonchev–Trinajstić information content (AvgIpc) is 2.39. The molecule has 20 heavy (non-hydrogen) atoms. The molecule has 5 heteroatoms. The SMILES string of the molecule is CCC(Nc1c(Cl)cc(Cl)cc1Cl)c1ccccc1O. The van der Waals surface area contributed by atoms with Crippen molar-refractivity contribution in [2.75, 3.05) is 5.32 Å². The van der Waals surface area contributed by atoms with E-state index in [2.05, 4.69) is 5.32 Å². The maximum Gasteiger partial charge on any atom is 0.120 e. The van der Waals surface area contributed by atoms with Gasteiger partial charge in [0.1, 0.15) is 5.75 Å². The summed E-state index contributed by atoms with van der Waals surface area (Å²) in [5.74, 6) is 0.244. The minimum absolute atomic E-state index is 0.0904. The lowest BCUT2D eigenvalue weighted by Gasteiger charge is -2.21. The molecule has 0 aromatic heterocycles. The second-order valence-corrected chi connectivity index (χ2v) is 5.66. The molecule has 2 N–H and O–H groups in total. The number of aromatic hydroxyl groups is 1. The molecule has 2 nitrogen and oxygen atoms in total. The molecule has 0 bridgehead atoms. The van der Waals surface area contributed by atoms with Crippen molar-refractivity contribution in [2.24, 2.45) is 0 Å². The zero-order valence-corrected chi connectivity index (χ0v) is 13.1. The standard InChI is InChI=1S/C15H14Cl3NO/c1-2-13(10-5-3-4-6-14(10)20)19-15-11(17)7-9(16)8-12(15)18/h3-8,13,19-20H,2H2,1H3. The van der Waals surface area contributed by atoms with Crippen molar-refractivity contribution in [3.05, 3.63) is 57.0 Å². The molecular formula is C15H14Cl3NO. The third-order valence-electron chi connectivity index (χ3n) is 3.05. The Hall–Kier alpha value is -1.09. The van der Waals surface area contributed by atoms with E-state index < -0.39 is 0 Å². The highest BCUT2D eigenvalue weighted by atomic mass is 35.5. The second kappa shape index (κ2) is 6.57. The summed E-state index contributed by atoms with van der Waals surface area (Å²) in [7, 11) is 0. The van der Waals surface area contributed by atoms with Crippen LogP contribution in [-0.2, 0) is 0 Å². The van der Waals surface area contributed by atoms with Crippen LogP contribution < -0.4 is 5.32 Å². The predicted octanol–water partition coefficient (Wildman–Crippen LogP) is 5.92. The first-order valence-electron chi connectivity index (χ1n) is 6.22. The van der Waals surface area contributed by atoms with Gasteiger partial charge in [-0.2, -0.15) is 0 Å². The fraction of sp³-hybridized carbons (Fsp3) is 0.200. The Balaban J connectivity index is 2.35. The van der Waals surface area contributed by atoms with E-state index in [4.69, 9.17) is 34.8 Å². The van der Waals surface area contributed by atoms with Crippen LogP contribution in [0.15, 0.2) is 36.4 Å². The van der Waals surface area contributed by atoms with Crippen LogP contribution in [0.25, 0.3) is 0 Å². The molecule has 2 rings (SSSR count). The Morgan fingerprint density at radius 3 is 2.25 bits per heavy atom. The second-order valence-electron chi connectivity index (χ2n) is 4.41. The quantitative estimate of drug-likeness (QED) is 0.729. The lowest BCUT2D eigenvalue weighted by atomic mass is 10.0. The molecule has 0 saturated heterocycles. The Morgan fingerprint density at radius 1 is 1.10 bits per heavy atom. The van der Waals surface area contributed by atoms with E-state index in [-0.39, 0.29) is 11.8 Å². The molecule has 0 aliphatic heterocycles. The fourth-order valence-electron chi connectivity index (χ4n) is 2.04. The zero-order valence-electron chi connectivity index (χ0n) is 10.8. The normalized spacial score (nSPS) is 12.2. The molecular weight excluding hydrogens is 317 g/mol. The summed E-state index contributed by atoms with van der Waals surface area (Å²) < 4.78 is 0. The van der Waals surface area contributed by atoms with E-state index in [0.29, 0.717) is 20.8 Å². The van der Waals surface area contributed by atoms with Crippen LogP contribution in [0.1, 0.15) is 24.9 Å². The molecule has 0 aliphatic rings. The molecule has 1 unspecified atom stereocenters. The van der Waals surface area contributed by atoms with Crippen LogP contribution in [0, 0.1) is 0 Å². The van der Waals surface area contributed by atoms with Crippen molar-refractivity contribution in [1.82, 2.24) is 0 Å². The largest absolute Gasteiger partial charge is 0.508 e. The molecule has 0 heterocycles. The van der Waals surface area contributed by atoms with Crippen molar-refractivity contribution in [2.45, 2.75) is 19.4 Å². The van der Waals surface area contributed by atoms with Gasteiger partial charge in [-0.1, -0.05) is 59.9 Å². The van der Waals surface area contributed by atoms with E-state index >= 15 is 0 Å². The maximum atomic E-state index is 9.95. The summed E-state index contributed by atoms with van der Waals surface area (Å²) in [5, 5.41) is 14.6. The van der Waals surface area contributed by atoms with Crippen molar-refractivity contribution >= 4 is 40.5 Å². The maximum absolute atomic E-state index is 9.95. The summed E-state index contributed by atoms with van der Waals surface area (Å²) in [4.78, 5) is 0. The molecule has 0 saturated carbocycles. The highest BCUT2D eigenvalue weighted by Crippen LogP contribution is 2.37. The summed E-state index contributed by atoms with van der Waals surface area (Å²) >= 11 is 18.2. The molecule has 2 aromatic carbocycles. The first-order chi connectivity index (χ1) is 9.52. The third kappa shape index (κ3) is 3.32. The molecule has 0 aliphatic carbocycles. The first-order valence-corrected chi connectivity index (χ1v) is 7.35. The molecule has 0 fully saturated rings. The van der Waals surface area contributed by atoms with Crippen molar-refractivity contribution in [1.29, 1.82) is 0 Å². The summed E-state index contributed by atoms with van der Waals surface area (Å²) in [6.45, 7) is 2.02. The predicted molar refractivity (Wildman–Crippen MR) is 86.2 cm³/mol. The van der Waals surface area contributed by atoms with Gasteiger partial charge in [-0.25, -0.2) is 0 Å². The number of halogens is 3. The number of phenols is 1. The monoisotopic (exact) mass is 329 g/mol. The van der Waals surface area contributed by atoms with Gasteiger partial charge in [0.05, 0.1) is 21.8 Å². The van der Waals surface area contributed by atoms with Crippen LogP contribution in [0.2, 0.25) is 15.1 Å². The van der Waals surface area contributed by atoms with Gasteiger partial charge in [0.15, 0.2) is 0 Å². The van der Waals surface area contributed by atoms with Crippen LogP contribution in [0.3, 0.4) is 0 Å². The molecule has 1 atom stereocenters. The Morgan fingerprint density at radius 2 is 1.70 bits per heavy atom. The fourth-order valence-corrected chi connectivity index (χ4v) is 2.96. The Kier molecular flexibility index (Phi) is 5.03. The van der Waals surface area contributed by atoms with Gasteiger partial charge < -0.3 is 10.4 Å². The van der Waals surface area contributed by atoms with Gasteiger partial charge in [-0.3, -0.25) is 0 Å². The number of para-hydroxylation sites is 1. The van der Waals surface area contributed by atoms with Crippen molar-refractivity contribution < 1.29 is 5.11 Å². The van der Waals surface area contributed by atoms with Gasteiger partial charge in [-0.05, 0) is 24.6 Å². The number of anilines is 1. The van der Waals surface area contributed by atoms with E-state index in [1.165, 1.54) is 0 Å². The van der Waals surface area contributed by atoms with Crippen LogP contribution in [0.4, 0.5) is 5.69 Å². The smallest absolute Gasteiger partial charge is 0.120 e. The van der Waals surface area contributed by atoms with Crippen LogP contribution >= 0.6 is 34.8 Å². The highest BCUT2D eigenvalue weighted by molar-refractivity contribution is 6.41. The lowest BCUT2D eigenvalue weighted by Crippen LogP contribution is -2.10. The first kappa shape index (κ1) is 15.3. The molecule has 2 aromatic rings. The highest BCUT2D eigenvalue weighted by Gasteiger charge is 2.16. The van der Waals surface area contributed by atoms with Gasteiger partial charge >= 0.3 is 0 Å². The van der Waals surface area contributed by atoms with E-state index in [1.54, 1.807) is 24.3 Å². The van der Waals surface area contributed by atoms with E-state index in [1.807, 2.05) is 19.1 Å². The minimum atomic E-state index is -0.0904. The molecule has 0 radical (unpaired) electrons. The topological polar surface area (TPSA) is 32.3 Å². The van der Waals surface area contributed by atoms with Crippen LogP contribution in [0.5, 0.6) is 5.75 Å². The van der Waals surface area contributed by atoms with Gasteiger partial charge in [0, 0.05) is 10.6 Å². The summed E-state index contributed by atoms with van der Waals surface area (Å²) in [6.07, 6.45) is 0.771. The van der Waals surface area contributed by atoms with Crippen LogP contribution in [-0.4, -0.2) is 5.11 Å². The third-order valence-corrected chi connectivity index (χ3v) is 3.86. The minimum Gasteiger partial charge on any atom is -0.508 e. The Labute approximate surface area is 133 Å². The lowest BCUT2D eigenvalue weighted by molar-refractivity contribution is 0.463. The number of nitrogens with one attached hydrogen (secondary N) is 1. The van der Waals surface area contributed by atoms with Gasteiger partial charge in [0.25, 0.3) is 0 Å². The summed E-state index contributed by atoms with van der Waals surface area (Å²) in [5.41, 5.74) is 1.42. The molecule has 0 spiro atoms.